The number of para-hydroxylation sites is 1. The van der Waals surface area contributed by atoms with Crippen LogP contribution in [0.4, 0.5) is 28.8 Å². The molecule has 2 unspecified atom stereocenters. The van der Waals surface area contributed by atoms with Crippen molar-refractivity contribution in [1.82, 2.24) is 9.97 Å². The summed E-state index contributed by atoms with van der Waals surface area (Å²) in [6.45, 7) is 10.4. The van der Waals surface area contributed by atoms with Gasteiger partial charge in [-0.2, -0.15) is 4.98 Å². The van der Waals surface area contributed by atoms with Crippen molar-refractivity contribution in [2.45, 2.75) is 124 Å². The monoisotopic (exact) mass is 722 g/mol. The highest BCUT2D eigenvalue weighted by Crippen LogP contribution is 2.43. The van der Waals surface area contributed by atoms with Gasteiger partial charge in [-0.15, -0.1) is 0 Å². The minimum Gasteiger partial charge on any atom is -0.324 e. The molecule has 0 radical (unpaired) electrons. The first-order valence-electron chi connectivity index (χ1n) is 20.6. The third-order valence-corrected chi connectivity index (χ3v) is 12.7. The molecular weight excluding hydrogens is 657 g/mol. The third kappa shape index (κ3) is 9.48. The first-order valence-corrected chi connectivity index (χ1v) is 20.6. The number of carbonyl (C=O) groups is 2. The zero-order valence-corrected chi connectivity index (χ0v) is 33.7. The average molecular weight is 722 g/mol. The second-order valence-electron chi connectivity index (χ2n) is 18.1. The molecule has 2 amide bonds. The summed E-state index contributed by atoms with van der Waals surface area (Å²) in [5.41, 5.74) is 4.81. The van der Waals surface area contributed by atoms with Gasteiger partial charge < -0.3 is 15.1 Å². The van der Waals surface area contributed by atoms with E-state index in [1.807, 2.05) is 31.3 Å². The van der Waals surface area contributed by atoms with E-state index in [-0.39, 0.29) is 11.3 Å². The minimum absolute atomic E-state index is 0.0365. The number of hydrogen-bond donors (Lipinski definition) is 1. The van der Waals surface area contributed by atoms with Crippen LogP contribution in [0.3, 0.4) is 0 Å². The molecule has 3 aliphatic rings. The van der Waals surface area contributed by atoms with E-state index in [0.717, 1.165) is 55.1 Å². The Morgan fingerprint density at radius 1 is 0.925 bits per heavy atom. The van der Waals surface area contributed by atoms with Gasteiger partial charge in [-0.25, -0.2) is 9.78 Å². The highest BCUT2D eigenvalue weighted by molar-refractivity contribution is 6.13. The molecule has 8 heteroatoms. The molecule has 1 aromatic heterocycles. The Morgan fingerprint density at radius 3 is 2.32 bits per heavy atom. The largest absolute Gasteiger partial charge is 0.324 e. The van der Waals surface area contributed by atoms with Crippen LogP contribution in [0.1, 0.15) is 127 Å². The SMILES string of the molecule is CC(CCCC(C)(C)Cc1ccc(Nc2ncc3c(n2)N(C2CCCC2)c2ccccc2C(=O)N3C)cc1)C(C)C[N+](C)(C)C(=O)CC1CCCCC1. The molecule has 3 aromatic rings. The number of fused-ring (bicyclic) bond motifs is 2. The fourth-order valence-electron chi connectivity index (χ4n) is 9.19. The van der Waals surface area contributed by atoms with Crippen LogP contribution in [-0.4, -0.2) is 60.0 Å². The predicted molar refractivity (Wildman–Crippen MR) is 218 cm³/mol. The predicted octanol–water partition coefficient (Wildman–Crippen LogP) is 10.5. The van der Waals surface area contributed by atoms with Crippen LogP contribution >= 0.6 is 0 Å². The van der Waals surface area contributed by atoms with Crippen LogP contribution in [-0.2, 0) is 11.2 Å². The maximum atomic E-state index is 13.5. The standard InChI is InChI=1S/C45H65N6O2/c1-32(33(2)31-51(6,7)41(52)28-34-17-9-8-10-18-34)16-15-27-45(3,4)29-35-23-25-36(26-24-35)47-44-46-30-40-42(48-44)50(37-19-11-12-20-37)39-22-14-13-21-38(39)43(53)49(40)5/h13-14,21-26,30,32-34,37H,8-12,15-20,27-29,31H2,1-7H3,(H,46,47,48)/q+1. The first-order chi connectivity index (χ1) is 25.3. The highest BCUT2D eigenvalue weighted by atomic mass is 16.2. The Kier molecular flexibility index (Phi) is 12.3. The zero-order valence-electron chi connectivity index (χ0n) is 33.7. The van der Waals surface area contributed by atoms with Crippen LogP contribution in [0, 0.1) is 23.2 Å². The van der Waals surface area contributed by atoms with E-state index < -0.39 is 0 Å². The van der Waals surface area contributed by atoms with E-state index in [4.69, 9.17) is 4.98 Å². The molecule has 6 rings (SSSR count). The first kappa shape index (κ1) is 38.9. The average Bonchev–Trinajstić information content (AvgIpc) is 3.64. The molecule has 2 atom stereocenters. The molecule has 2 aromatic carbocycles. The number of aromatic nitrogens is 2. The van der Waals surface area contributed by atoms with Crippen molar-refractivity contribution in [3.63, 3.8) is 0 Å². The van der Waals surface area contributed by atoms with Crippen molar-refractivity contribution in [2.75, 3.05) is 42.8 Å². The molecule has 2 aliphatic carbocycles. The van der Waals surface area contributed by atoms with Crippen molar-refractivity contribution < 1.29 is 14.1 Å². The van der Waals surface area contributed by atoms with E-state index >= 15 is 0 Å². The number of nitrogens with zero attached hydrogens (tertiary/aromatic N) is 5. The van der Waals surface area contributed by atoms with Gasteiger partial charge in [-0.1, -0.05) is 96.9 Å². The molecule has 1 aliphatic heterocycles. The van der Waals surface area contributed by atoms with Gasteiger partial charge in [0.2, 0.25) is 5.95 Å². The Bertz CT molecular complexity index is 1710. The smallest absolute Gasteiger partial charge is 0.313 e. The molecule has 2 saturated carbocycles. The number of quaternary nitrogens is 1. The van der Waals surface area contributed by atoms with Gasteiger partial charge in [0.1, 0.15) is 5.69 Å². The maximum Gasteiger partial charge on any atom is 0.313 e. The molecule has 0 spiro atoms. The number of carbonyl (C=O) groups excluding carboxylic acids is 2. The third-order valence-electron chi connectivity index (χ3n) is 12.7. The van der Waals surface area contributed by atoms with Crippen molar-refractivity contribution in [3.05, 3.63) is 65.9 Å². The van der Waals surface area contributed by atoms with Crippen LogP contribution in [0.15, 0.2) is 54.7 Å². The summed E-state index contributed by atoms with van der Waals surface area (Å²) < 4.78 is 0.517. The number of benzene rings is 2. The number of rotatable bonds is 14. The second-order valence-corrected chi connectivity index (χ2v) is 18.1. The highest BCUT2D eigenvalue weighted by Gasteiger charge is 2.36. The summed E-state index contributed by atoms with van der Waals surface area (Å²) in [7, 11) is 6.08. The van der Waals surface area contributed by atoms with Crippen LogP contribution in [0.25, 0.3) is 0 Å². The van der Waals surface area contributed by atoms with E-state index in [9.17, 15) is 9.59 Å². The van der Waals surface area contributed by atoms with Crippen molar-refractivity contribution >= 4 is 40.6 Å². The van der Waals surface area contributed by atoms with Crippen molar-refractivity contribution in [1.29, 1.82) is 0 Å². The summed E-state index contributed by atoms with van der Waals surface area (Å²) in [6, 6.07) is 16.9. The maximum absolute atomic E-state index is 13.5. The summed E-state index contributed by atoms with van der Waals surface area (Å²) in [6.07, 6.45) is 18.0. The molecule has 2 heterocycles. The minimum atomic E-state index is -0.0365. The Hall–Kier alpha value is -3.78. The molecule has 1 N–H and O–H groups in total. The van der Waals surface area contributed by atoms with Gasteiger partial charge >= 0.3 is 5.91 Å². The van der Waals surface area contributed by atoms with E-state index in [0.29, 0.717) is 45.7 Å². The van der Waals surface area contributed by atoms with Gasteiger partial charge in [0.15, 0.2) is 5.82 Å². The van der Waals surface area contributed by atoms with Gasteiger partial charge in [0.25, 0.3) is 5.91 Å². The molecule has 53 heavy (non-hydrogen) atoms. The summed E-state index contributed by atoms with van der Waals surface area (Å²) in [5, 5.41) is 3.45. The zero-order chi connectivity index (χ0) is 37.8. The summed E-state index contributed by atoms with van der Waals surface area (Å²) in [4.78, 5) is 40.5. The van der Waals surface area contributed by atoms with Crippen LogP contribution in [0.5, 0.6) is 0 Å². The molecule has 8 nitrogen and oxygen atoms in total. The van der Waals surface area contributed by atoms with E-state index in [1.54, 1.807) is 11.1 Å². The molecule has 0 bridgehead atoms. The number of amides is 2. The fraction of sp³-hybridized carbons (Fsp3) is 0.600. The fourth-order valence-corrected chi connectivity index (χ4v) is 9.19. The lowest BCUT2D eigenvalue weighted by Gasteiger charge is -2.34. The van der Waals surface area contributed by atoms with Gasteiger partial charge in [-0.05, 0) is 85.6 Å². The second kappa shape index (κ2) is 16.7. The lowest BCUT2D eigenvalue weighted by Crippen LogP contribution is -2.49. The number of nitrogens with one attached hydrogen (secondary N) is 1. The molecular formula is C45H65N6O2+. The summed E-state index contributed by atoms with van der Waals surface area (Å²) >= 11 is 0. The van der Waals surface area contributed by atoms with Crippen molar-refractivity contribution in [3.8, 4) is 0 Å². The van der Waals surface area contributed by atoms with Gasteiger partial charge in [0.05, 0.1) is 44.5 Å². The Morgan fingerprint density at radius 2 is 1.60 bits per heavy atom. The van der Waals surface area contributed by atoms with E-state index in [2.05, 4.69) is 81.3 Å². The lowest BCUT2D eigenvalue weighted by atomic mass is 9.79. The molecule has 2 fully saturated rings. The Balaban J connectivity index is 1.03. The normalized spacial score (nSPS) is 18.4. The Labute approximate surface area is 319 Å². The molecule has 286 valence electrons. The molecule has 0 saturated heterocycles. The lowest BCUT2D eigenvalue weighted by molar-refractivity contribution is -0.818. The van der Waals surface area contributed by atoms with Crippen molar-refractivity contribution in [2.24, 2.45) is 23.2 Å². The number of anilines is 5. The quantitative estimate of drug-likeness (QED) is 0.167. The summed E-state index contributed by atoms with van der Waals surface area (Å²) in [5.74, 6) is 3.40. The number of hydrogen-bond acceptors (Lipinski definition) is 6. The van der Waals surface area contributed by atoms with Crippen LogP contribution in [0.2, 0.25) is 0 Å². The van der Waals surface area contributed by atoms with E-state index in [1.165, 1.54) is 69.8 Å². The van der Waals surface area contributed by atoms with Gasteiger partial charge in [0, 0.05) is 24.7 Å². The van der Waals surface area contributed by atoms with Crippen LogP contribution < -0.4 is 15.1 Å². The topological polar surface area (TPSA) is 78.4 Å². The van der Waals surface area contributed by atoms with Gasteiger partial charge in [-0.3, -0.25) is 9.28 Å².